The quantitative estimate of drug-likeness (QED) is 0.416. The molecular weight excluding hydrogens is 312 g/mol. The number of hydrogen-bond acceptors (Lipinski definition) is 3. The first kappa shape index (κ1) is 19.0. The van der Waals surface area contributed by atoms with Gasteiger partial charge in [-0.25, -0.2) is 0 Å². The molecule has 0 aromatic heterocycles. The lowest BCUT2D eigenvalue weighted by atomic mass is 9.51. The van der Waals surface area contributed by atoms with Crippen LogP contribution in [0.25, 0.3) is 0 Å². The van der Waals surface area contributed by atoms with Crippen LogP contribution in [-0.2, 0) is 0 Å². The summed E-state index contributed by atoms with van der Waals surface area (Å²) in [4.78, 5) is 0. The monoisotopic (exact) mass is 346 g/mol. The number of rotatable bonds is 4. The largest absolute Gasteiger partial charge is 0.396 e. The summed E-state index contributed by atoms with van der Waals surface area (Å²) < 4.78 is 0. The van der Waals surface area contributed by atoms with Crippen LogP contribution in [0.2, 0.25) is 0 Å². The van der Waals surface area contributed by atoms with Gasteiger partial charge in [0.05, 0.1) is 12.0 Å². The van der Waals surface area contributed by atoms with Crippen LogP contribution in [0.15, 0.2) is 11.6 Å². The van der Waals surface area contributed by atoms with Gasteiger partial charge in [0.2, 0.25) is 0 Å². The topological polar surface area (TPSA) is 60.7 Å². The molecule has 25 heavy (non-hydrogen) atoms. The molecule has 0 spiro atoms. The van der Waals surface area contributed by atoms with Crippen LogP contribution >= 0.6 is 0 Å². The Bertz CT molecular complexity index is 523. The molecule has 3 aliphatic carbocycles. The number of fused-ring (bicyclic) bond motifs is 1. The fraction of sp³-hybridized carbons (Fsp3) is 0.818. The molecule has 0 amide bonds. The zero-order valence-electron chi connectivity index (χ0n) is 15.5. The van der Waals surface area contributed by atoms with Crippen LogP contribution < -0.4 is 0 Å². The molecule has 0 saturated heterocycles. The smallest absolute Gasteiger partial charge is 0.117 e. The minimum Gasteiger partial charge on any atom is -0.396 e. The van der Waals surface area contributed by atoms with E-state index in [2.05, 4.69) is 24.8 Å². The van der Waals surface area contributed by atoms with Gasteiger partial charge in [-0.15, -0.1) is 0 Å². The number of aliphatic hydroxyl groups excluding tert-OH is 3. The number of aliphatic hydroxyl groups is 3. The maximum atomic E-state index is 10.5. The molecule has 2 unspecified atom stereocenters. The highest BCUT2D eigenvalue weighted by Gasteiger charge is 2.50. The minimum atomic E-state index is -0.525. The van der Waals surface area contributed by atoms with E-state index in [4.69, 9.17) is 5.11 Å². The average molecular weight is 347 g/mol. The van der Waals surface area contributed by atoms with Crippen LogP contribution in [0.3, 0.4) is 0 Å². The minimum absolute atomic E-state index is 0.00184. The molecule has 3 rings (SSSR count). The standard InChI is InChI=1S/C22H34O3/c1-15-17(9-5-6-14-23)18-10-13-21(25)19(22(15)18)11-12-20(24)16-7-3-2-4-8-16/h9,15-16,18-25H,2-8,10,13-14H2,1H3/b17-9+/t15?,18-,19+,20?,21-,22+/m1/s1. The Morgan fingerprint density at radius 3 is 2.64 bits per heavy atom. The highest BCUT2D eigenvalue weighted by Crippen LogP contribution is 2.55. The number of hydrogen-bond donors (Lipinski definition) is 3. The van der Waals surface area contributed by atoms with Crippen LogP contribution in [0, 0.1) is 41.4 Å². The number of allylic oxidation sites excluding steroid dienone is 2. The van der Waals surface area contributed by atoms with Gasteiger partial charge in [-0.3, -0.25) is 0 Å². The summed E-state index contributed by atoms with van der Waals surface area (Å²) >= 11 is 0. The summed E-state index contributed by atoms with van der Waals surface area (Å²) in [5.74, 6) is 8.18. The van der Waals surface area contributed by atoms with Gasteiger partial charge < -0.3 is 15.3 Å². The van der Waals surface area contributed by atoms with Crippen molar-refractivity contribution >= 4 is 0 Å². The molecule has 0 bridgehead atoms. The second kappa shape index (κ2) is 8.71. The van der Waals surface area contributed by atoms with E-state index in [1.807, 2.05) is 0 Å². The lowest BCUT2D eigenvalue weighted by Crippen LogP contribution is -2.50. The Kier molecular flexibility index (Phi) is 6.61. The Morgan fingerprint density at radius 1 is 1.16 bits per heavy atom. The van der Waals surface area contributed by atoms with Crippen LogP contribution in [0.4, 0.5) is 0 Å². The van der Waals surface area contributed by atoms with Gasteiger partial charge in [-0.05, 0) is 62.2 Å². The lowest BCUT2D eigenvalue weighted by Gasteiger charge is -2.53. The van der Waals surface area contributed by atoms with E-state index in [-0.39, 0.29) is 18.6 Å². The molecule has 0 radical (unpaired) electrons. The lowest BCUT2D eigenvalue weighted by molar-refractivity contribution is -0.0141. The van der Waals surface area contributed by atoms with E-state index < -0.39 is 6.10 Å². The third kappa shape index (κ3) is 4.13. The second-order valence-electron chi connectivity index (χ2n) is 8.34. The van der Waals surface area contributed by atoms with E-state index in [1.165, 1.54) is 24.8 Å². The fourth-order valence-corrected chi connectivity index (χ4v) is 5.36. The average Bonchev–Trinajstić information content (AvgIpc) is 2.64. The molecule has 3 heteroatoms. The molecule has 140 valence electrons. The zero-order chi connectivity index (χ0) is 17.8. The van der Waals surface area contributed by atoms with Crippen molar-refractivity contribution in [3.05, 3.63) is 11.6 Å². The van der Waals surface area contributed by atoms with E-state index in [0.717, 1.165) is 38.5 Å². The van der Waals surface area contributed by atoms with Crippen molar-refractivity contribution in [2.75, 3.05) is 6.61 Å². The fourth-order valence-electron chi connectivity index (χ4n) is 5.36. The summed E-state index contributed by atoms with van der Waals surface area (Å²) in [6, 6.07) is 0. The normalized spacial score (nSPS) is 38.4. The van der Waals surface area contributed by atoms with Crippen LogP contribution in [0.5, 0.6) is 0 Å². The summed E-state index contributed by atoms with van der Waals surface area (Å²) in [6.07, 6.45) is 10.9. The molecule has 0 aliphatic heterocycles. The van der Waals surface area contributed by atoms with E-state index in [9.17, 15) is 10.2 Å². The molecule has 0 aromatic carbocycles. The molecule has 3 saturated carbocycles. The molecule has 3 fully saturated rings. The molecule has 3 nitrogen and oxygen atoms in total. The van der Waals surface area contributed by atoms with Gasteiger partial charge in [0.15, 0.2) is 0 Å². The van der Waals surface area contributed by atoms with Crippen molar-refractivity contribution < 1.29 is 15.3 Å². The Labute approximate surface area is 152 Å². The third-order valence-electron chi connectivity index (χ3n) is 6.84. The van der Waals surface area contributed by atoms with Crippen molar-refractivity contribution in [3.63, 3.8) is 0 Å². The van der Waals surface area contributed by atoms with Gasteiger partial charge in [-0.2, -0.15) is 0 Å². The summed E-state index contributed by atoms with van der Waals surface area (Å²) in [6.45, 7) is 2.49. The van der Waals surface area contributed by atoms with E-state index in [0.29, 0.717) is 23.7 Å². The predicted octanol–water partition coefficient (Wildman–Crippen LogP) is 3.28. The molecule has 6 atom stereocenters. The Hall–Kier alpha value is -0.820. The predicted molar refractivity (Wildman–Crippen MR) is 99.6 cm³/mol. The SMILES string of the molecule is CC1/C(=C\CCCO)[C@H]2CC[C@@H](O)[C@H](C#CC(O)C3CCCCC3)[C@@H]12. The first-order valence-electron chi connectivity index (χ1n) is 10.3. The van der Waals surface area contributed by atoms with Gasteiger partial charge in [0, 0.05) is 6.61 Å². The zero-order valence-corrected chi connectivity index (χ0v) is 15.5. The summed E-state index contributed by atoms with van der Waals surface area (Å²) in [7, 11) is 0. The summed E-state index contributed by atoms with van der Waals surface area (Å²) in [5.41, 5.74) is 1.50. The van der Waals surface area contributed by atoms with E-state index in [1.54, 1.807) is 0 Å². The van der Waals surface area contributed by atoms with E-state index >= 15 is 0 Å². The van der Waals surface area contributed by atoms with Crippen molar-refractivity contribution in [2.45, 2.75) is 76.9 Å². The Morgan fingerprint density at radius 2 is 1.92 bits per heavy atom. The van der Waals surface area contributed by atoms with Crippen LogP contribution in [0.1, 0.15) is 64.7 Å². The molecule has 3 aliphatic rings. The highest BCUT2D eigenvalue weighted by molar-refractivity contribution is 5.29. The molecular formula is C22H34O3. The third-order valence-corrected chi connectivity index (χ3v) is 6.84. The van der Waals surface area contributed by atoms with Gasteiger partial charge in [0.1, 0.15) is 6.10 Å². The van der Waals surface area contributed by atoms with Crippen LogP contribution in [-0.4, -0.2) is 34.1 Å². The first-order valence-corrected chi connectivity index (χ1v) is 10.3. The maximum absolute atomic E-state index is 10.5. The van der Waals surface area contributed by atoms with Gasteiger partial charge in [0.25, 0.3) is 0 Å². The van der Waals surface area contributed by atoms with Crippen molar-refractivity contribution in [1.82, 2.24) is 0 Å². The molecule has 3 N–H and O–H groups in total. The highest BCUT2D eigenvalue weighted by atomic mass is 16.3. The van der Waals surface area contributed by atoms with Crippen molar-refractivity contribution in [2.24, 2.45) is 29.6 Å². The molecule has 0 aromatic rings. The van der Waals surface area contributed by atoms with Gasteiger partial charge in [-0.1, -0.05) is 49.7 Å². The maximum Gasteiger partial charge on any atom is 0.117 e. The van der Waals surface area contributed by atoms with Crippen molar-refractivity contribution in [3.8, 4) is 11.8 Å². The summed E-state index contributed by atoms with van der Waals surface area (Å²) in [5, 5.41) is 29.9. The first-order chi connectivity index (χ1) is 12.1. The van der Waals surface area contributed by atoms with Crippen molar-refractivity contribution in [1.29, 1.82) is 0 Å². The Balaban J connectivity index is 1.65. The second-order valence-corrected chi connectivity index (χ2v) is 8.34. The van der Waals surface area contributed by atoms with Gasteiger partial charge >= 0.3 is 0 Å². The number of unbranched alkanes of at least 4 members (excludes halogenated alkanes) is 1. The molecule has 0 heterocycles.